The van der Waals surface area contributed by atoms with Crippen molar-refractivity contribution in [3.8, 4) is 0 Å². The monoisotopic (exact) mass is 435 g/mol. The van der Waals surface area contributed by atoms with Crippen LogP contribution >= 0.6 is 0 Å². The molecule has 1 nitrogen and oxygen atoms in total. The average Bonchev–Trinajstić information content (AvgIpc) is 2.16. The number of rotatable bonds is 0. The first-order chi connectivity index (χ1) is 8.24. The summed E-state index contributed by atoms with van der Waals surface area (Å²) in [4.78, 5) is 0. The Morgan fingerprint density at radius 2 is 1.15 bits per heavy atom. The summed E-state index contributed by atoms with van der Waals surface area (Å²) >= 11 is -9.19. The van der Waals surface area contributed by atoms with E-state index in [1.807, 2.05) is 0 Å². The maximum atomic E-state index is 11.9. The van der Waals surface area contributed by atoms with Gasteiger partial charge in [-0.25, -0.2) is 0 Å². The number of aromatic nitrogens is 1. The molecule has 0 N–H and O–H groups in total. The van der Waals surface area contributed by atoms with Gasteiger partial charge in [-0.3, -0.25) is 0 Å². The molecular formula is C7H7F11NSb. The van der Waals surface area contributed by atoms with Gasteiger partial charge >= 0.3 is 40.7 Å². The minimum absolute atomic E-state index is 0. The molecule has 0 aliphatic heterocycles. The molecule has 0 bridgehead atoms. The normalized spacial score (nSPS) is 12.4. The topological polar surface area (TPSA) is 3.88 Å². The molecular weight excluding hydrogens is 429 g/mol. The van der Waals surface area contributed by atoms with E-state index in [0.29, 0.717) is 0 Å². The van der Waals surface area contributed by atoms with Gasteiger partial charge in [0.15, 0.2) is 12.4 Å². The summed E-state index contributed by atoms with van der Waals surface area (Å²) in [5, 5.41) is 0. The van der Waals surface area contributed by atoms with E-state index in [2.05, 4.69) is 0 Å². The third kappa shape index (κ3) is 19.5. The van der Waals surface area contributed by atoms with Crippen molar-refractivity contribution in [1.29, 1.82) is 0 Å². The predicted molar refractivity (Wildman–Crippen MR) is 46.2 cm³/mol. The number of alkyl halides is 3. The van der Waals surface area contributed by atoms with Crippen LogP contribution in [0.3, 0.4) is 0 Å². The van der Waals surface area contributed by atoms with Crippen LogP contribution in [0.2, 0.25) is 0 Å². The van der Waals surface area contributed by atoms with Crippen molar-refractivity contribution in [3.63, 3.8) is 0 Å². The third-order valence-corrected chi connectivity index (χ3v) is 1.29. The Hall–Kier alpha value is -0.802. The molecule has 0 aromatic carbocycles. The van der Waals surface area contributed by atoms with Gasteiger partial charge in [0.05, 0.1) is 0 Å². The van der Waals surface area contributed by atoms with Crippen molar-refractivity contribution in [2.24, 2.45) is 0 Å². The Morgan fingerprint density at radius 1 is 0.900 bits per heavy atom. The summed E-state index contributed by atoms with van der Waals surface area (Å²) in [7, 11) is 0. The molecule has 0 radical (unpaired) electrons. The zero-order valence-electron chi connectivity index (χ0n) is 9.36. The van der Waals surface area contributed by atoms with Crippen LogP contribution in [0.4, 0.5) is 36.4 Å². The predicted octanol–water partition coefficient (Wildman–Crippen LogP) is 1.32. The summed E-state index contributed by atoms with van der Waals surface area (Å²) in [5.74, 6) is 0. The third-order valence-electron chi connectivity index (χ3n) is 1.29. The SMILES string of the molecule is Cc1cc[n+](C(F)(F)F)cc1.FF.[F-].[F][Sb]([F])([F])([F])[F]. The second-order valence-corrected chi connectivity index (χ2v) is 6.54. The van der Waals surface area contributed by atoms with Gasteiger partial charge in [-0.15, -0.1) is 17.7 Å². The van der Waals surface area contributed by atoms with Crippen molar-refractivity contribution < 1.29 is 45.7 Å². The van der Waals surface area contributed by atoms with Crippen LogP contribution in [-0.2, 0) is 6.30 Å². The summed E-state index contributed by atoms with van der Waals surface area (Å²) < 4.78 is 101. The van der Waals surface area contributed by atoms with Gasteiger partial charge in [-0.2, -0.15) is 0 Å². The molecule has 1 aromatic heterocycles. The first-order valence-corrected chi connectivity index (χ1v) is 8.86. The number of halogens is 11. The van der Waals surface area contributed by atoms with E-state index < -0.39 is 26.6 Å². The van der Waals surface area contributed by atoms with Crippen LogP contribution in [0.15, 0.2) is 24.5 Å². The van der Waals surface area contributed by atoms with Crippen LogP contribution < -0.4 is 9.27 Å². The number of hydrogen-bond donors (Lipinski definition) is 0. The maximum absolute atomic E-state index is 11.9. The molecule has 0 spiro atoms. The molecule has 0 fully saturated rings. The van der Waals surface area contributed by atoms with Crippen molar-refractivity contribution in [2.75, 3.05) is 0 Å². The zero-order valence-corrected chi connectivity index (χ0v) is 11.9. The Bertz CT molecular complexity index is 348. The molecule has 0 aliphatic carbocycles. The van der Waals surface area contributed by atoms with Gasteiger partial charge in [0.2, 0.25) is 0 Å². The Kier molecular flexibility index (Phi) is 10.3. The van der Waals surface area contributed by atoms with Gasteiger partial charge in [0, 0.05) is 21.3 Å². The van der Waals surface area contributed by atoms with Crippen LogP contribution in [0, 0.1) is 6.92 Å². The summed E-state index contributed by atoms with van der Waals surface area (Å²) in [6.07, 6.45) is -2.31. The second kappa shape index (κ2) is 8.48. The van der Waals surface area contributed by atoms with Crippen LogP contribution in [0.25, 0.3) is 0 Å². The molecule has 20 heavy (non-hydrogen) atoms. The quantitative estimate of drug-likeness (QED) is 0.329. The molecule has 0 unspecified atom stereocenters. The minimum atomic E-state index is -9.19. The van der Waals surface area contributed by atoms with Gasteiger partial charge in [0.1, 0.15) is 0 Å². The standard InChI is InChI=1S/C7H7F3N.F2.6FH.Sb/c1-6-2-4-11(5-3-6)7(8,9)10;1-2;;;;;;;/h2-5H,1H3;;6*1H;/q+1;;;;;;;;+5/p-6. The van der Waals surface area contributed by atoms with Gasteiger partial charge < -0.3 is 4.70 Å². The van der Waals surface area contributed by atoms with E-state index in [0.717, 1.165) is 18.0 Å². The Labute approximate surface area is 110 Å². The van der Waals surface area contributed by atoms with Crippen molar-refractivity contribution in [3.05, 3.63) is 30.1 Å². The van der Waals surface area contributed by atoms with Gasteiger partial charge in [-0.05, 0) is 12.5 Å². The molecule has 1 heterocycles. The van der Waals surface area contributed by atoms with Crippen LogP contribution in [0.1, 0.15) is 5.56 Å². The van der Waals surface area contributed by atoms with E-state index >= 15 is 0 Å². The van der Waals surface area contributed by atoms with E-state index in [9.17, 15) is 27.2 Å². The fourth-order valence-electron chi connectivity index (χ4n) is 0.670. The van der Waals surface area contributed by atoms with Gasteiger partial charge in [-0.1, -0.05) is 0 Å². The number of nitrogens with zero attached hydrogens (tertiary/aromatic N) is 1. The first-order valence-electron chi connectivity index (χ1n) is 4.04. The summed E-state index contributed by atoms with van der Waals surface area (Å²) in [6.45, 7) is 1.74. The van der Waals surface area contributed by atoms with Gasteiger partial charge in [0.25, 0.3) is 0 Å². The zero-order chi connectivity index (χ0) is 15.9. The fraction of sp³-hybridized carbons (Fsp3) is 0.286. The second-order valence-electron chi connectivity index (χ2n) is 2.89. The Balaban J connectivity index is -0.000000278. The molecule has 13 heteroatoms. The number of aryl methyl sites for hydroxylation is 1. The molecule has 0 amide bonds. The molecule has 1 rings (SSSR count). The van der Waals surface area contributed by atoms with E-state index in [-0.39, 0.29) is 9.27 Å². The first kappa shape index (κ1) is 24.2. The molecule has 0 saturated carbocycles. The van der Waals surface area contributed by atoms with E-state index in [4.69, 9.17) is 9.15 Å². The van der Waals surface area contributed by atoms with Crippen molar-refractivity contribution in [1.82, 2.24) is 0 Å². The van der Waals surface area contributed by atoms with E-state index in [1.54, 1.807) is 6.92 Å². The fourth-order valence-corrected chi connectivity index (χ4v) is 0.670. The van der Waals surface area contributed by atoms with Crippen molar-refractivity contribution in [2.45, 2.75) is 13.2 Å². The van der Waals surface area contributed by atoms with Crippen LogP contribution in [0.5, 0.6) is 0 Å². The Morgan fingerprint density at radius 3 is 1.35 bits per heavy atom. The van der Waals surface area contributed by atoms with E-state index in [1.165, 1.54) is 12.1 Å². The molecule has 0 saturated heterocycles. The number of pyridine rings is 1. The molecule has 0 aliphatic rings. The van der Waals surface area contributed by atoms with Crippen LogP contribution in [-0.4, -0.2) is 20.3 Å². The summed E-state index contributed by atoms with van der Waals surface area (Å²) in [5.41, 5.74) is 0.811. The van der Waals surface area contributed by atoms with Crippen molar-refractivity contribution >= 4 is 20.3 Å². The summed E-state index contributed by atoms with van der Waals surface area (Å²) in [6, 6.07) is 2.82. The average molecular weight is 436 g/mol. The number of hydrogen-bond acceptors (Lipinski definition) is 0. The molecule has 122 valence electrons. The molecule has 1 aromatic rings. The molecule has 0 atom stereocenters.